The van der Waals surface area contributed by atoms with Gasteiger partial charge in [-0.05, 0) is 29.7 Å². The van der Waals surface area contributed by atoms with Gasteiger partial charge >= 0.3 is 0 Å². The Bertz CT molecular complexity index is 294. The van der Waals surface area contributed by atoms with Crippen molar-refractivity contribution in [2.75, 3.05) is 19.6 Å². The molecule has 1 aliphatic carbocycles. The zero-order valence-electron chi connectivity index (χ0n) is 12.9. The first kappa shape index (κ1) is 15.5. The molecular formula is C15H30N2O. The highest BCUT2D eigenvalue weighted by molar-refractivity contribution is 5.84. The quantitative estimate of drug-likeness (QED) is 0.791. The summed E-state index contributed by atoms with van der Waals surface area (Å²) in [6.07, 6.45) is 0.895. The maximum atomic E-state index is 12.7. The summed E-state index contributed by atoms with van der Waals surface area (Å²) < 4.78 is 0. The highest BCUT2D eigenvalue weighted by atomic mass is 16.2. The lowest BCUT2D eigenvalue weighted by molar-refractivity contribution is -0.134. The van der Waals surface area contributed by atoms with Crippen LogP contribution in [0.15, 0.2) is 0 Å². The van der Waals surface area contributed by atoms with Gasteiger partial charge < -0.3 is 10.6 Å². The fraction of sp³-hybridized carbons (Fsp3) is 0.933. The van der Waals surface area contributed by atoms with Crippen molar-refractivity contribution in [1.82, 2.24) is 4.90 Å². The van der Waals surface area contributed by atoms with Crippen molar-refractivity contribution in [3.63, 3.8) is 0 Å². The summed E-state index contributed by atoms with van der Waals surface area (Å²) in [5.74, 6) is 1.00. The van der Waals surface area contributed by atoms with Gasteiger partial charge in [-0.25, -0.2) is 0 Å². The van der Waals surface area contributed by atoms with Crippen molar-refractivity contribution in [2.45, 2.75) is 48.0 Å². The zero-order chi connectivity index (χ0) is 14.1. The second-order valence-electron chi connectivity index (χ2n) is 7.20. The first-order valence-corrected chi connectivity index (χ1v) is 7.15. The second-order valence-corrected chi connectivity index (χ2v) is 7.20. The molecule has 0 spiro atoms. The molecule has 0 heterocycles. The lowest BCUT2D eigenvalue weighted by atomic mass is 10.0. The van der Waals surface area contributed by atoms with Gasteiger partial charge in [0.1, 0.15) is 0 Å². The smallest absolute Gasteiger partial charge is 0.226 e. The van der Waals surface area contributed by atoms with Gasteiger partial charge in [0.25, 0.3) is 0 Å². The van der Waals surface area contributed by atoms with Gasteiger partial charge in [-0.2, -0.15) is 0 Å². The molecule has 3 nitrogen and oxygen atoms in total. The zero-order valence-corrected chi connectivity index (χ0v) is 12.9. The molecule has 18 heavy (non-hydrogen) atoms. The van der Waals surface area contributed by atoms with Crippen LogP contribution in [0.25, 0.3) is 0 Å². The molecule has 0 aliphatic heterocycles. The van der Waals surface area contributed by atoms with Gasteiger partial charge in [0.2, 0.25) is 5.91 Å². The van der Waals surface area contributed by atoms with Crippen LogP contribution in [0.5, 0.6) is 0 Å². The van der Waals surface area contributed by atoms with Gasteiger partial charge in [0.15, 0.2) is 0 Å². The molecule has 0 unspecified atom stereocenters. The van der Waals surface area contributed by atoms with E-state index in [1.54, 1.807) is 0 Å². The van der Waals surface area contributed by atoms with E-state index in [9.17, 15) is 4.79 Å². The SMILES string of the molecule is CC(C)CN(CCCN)C(=O)C1C(C)(C)C1(C)C. The van der Waals surface area contributed by atoms with Gasteiger partial charge in [0.05, 0.1) is 0 Å². The van der Waals surface area contributed by atoms with Crippen LogP contribution in [0.3, 0.4) is 0 Å². The fourth-order valence-corrected chi connectivity index (χ4v) is 3.01. The summed E-state index contributed by atoms with van der Waals surface area (Å²) >= 11 is 0. The first-order valence-electron chi connectivity index (χ1n) is 7.15. The Labute approximate surface area is 112 Å². The van der Waals surface area contributed by atoms with Gasteiger partial charge in [-0.15, -0.1) is 0 Å². The lowest BCUT2D eigenvalue weighted by Gasteiger charge is -2.25. The first-order chi connectivity index (χ1) is 8.16. The highest BCUT2D eigenvalue weighted by Gasteiger charge is 2.68. The molecule has 0 aromatic rings. The number of nitrogens with zero attached hydrogens (tertiary/aromatic N) is 1. The van der Waals surface area contributed by atoms with E-state index in [2.05, 4.69) is 41.5 Å². The third-order valence-corrected chi connectivity index (χ3v) is 4.80. The topological polar surface area (TPSA) is 46.3 Å². The van der Waals surface area contributed by atoms with Crippen molar-refractivity contribution in [3.05, 3.63) is 0 Å². The predicted molar refractivity (Wildman–Crippen MR) is 76.1 cm³/mol. The average Bonchev–Trinajstić information content (AvgIpc) is 2.63. The minimum Gasteiger partial charge on any atom is -0.342 e. The molecule has 0 atom stereocenters. The molecule has 0 radical (unpaired) electrons. The van der Waals surface area contributed by atoms with E-state index in [0.717, 1.165) is 19.5 Å². The van der Waals surface area contributed by atoms with Gasteiger partial charge in [-0.3, -0.25) is 4.79 Å². The molecular weight excluding hydrogens is 224 g/mol. The Morgan fingerprint density at radius 1 is 1.22 bits per heavy atom. The van der Waals surface area contributed by atoms with Gasteiger partial charge in [0, 0.05) is 19.0 Å². The Hall–Kier alpha value is -0.570. The van der Waals surface area contributed by atoms with Crippen molar-refractivity contribution in [1.29, 1.82) is 0 Å². The molecule has 106 valence electrons. The van der Waals surface area contributed by atoms with Crippen LogP contribution in [0.4, 0.5) is 0 Å². The van der Waals surface area contributed by atoms with E-state index in [1.807, 2.05) is 4.90 Å². The number of carbonyl (C=O) groups is 1. The third-order valence-electron chi connectivity index (χ3n) is 4.80. The van der Waals surface area contributed by atoms with Gasteiger partial charge in [-0.1, -0.05) is 41.5 Å². The van der Waals surface area contributed by atoms with E-state index >= 15 is 0 Å². The van der Waals surface area contributed by atoms with Crippen molar-refractivity contribution < 1.29 is 4.79 Å². The molecule has 1 aliphatic rings. The minimum absolute atomic E-state index is 0.127. The molecule has 1 rings (SSSR count). The maximum absolute atomic E-state index is 12.7. The monoisotopic (exact) mass is 254 g/mol. The summed E-state index contributed by atoms with van der Waals surface area (Å²) in [7, 11) is 0. The third kappa shape index (κ3) is 2.71. The van der Waals surface area contributed by atoms with E-state index in [0.29, 0.717) is 18.4 Å². The Balaban J connectivity index is 2.72. The van der Waals surface area contributed by atoms with E-state index < -0.39 is 0 Å². The molecule has 0 aromatic heterocycles. The van der Waals surface area contributed by atoms with Crippen molar-refractivity contribution in [3.8, 4) is 0 Å². The van der Waals surface area contributed by atoms with Crippen LogP contribution in [-0.4, -0.2) is 30.4 Å². The predicted octanol–water partition coefficient (Wildman–Crippen LogP) is 2.50. The standard InChI is InChI=1S/C15H30N2O/c1-11(2)10-17(9-7-8-16)13(18)12-14(3,4)15(12,5)6/h11-12H,7-10,16H2,1-6H3. The van der Waals surface area contributed by atoms with E-state index in [4.69, 9.17) is 5.73 Å². The normalized spacial score (nSPS) is 21.1. The second kappa shape index (κ2) is 5.20. The van der Waals surface area contributed by atoms with Crippen LogP contribution < -0.4 is 5.73 Å². The lowest BCUT2D eigenvalue weighted by Crippen LogP contribution is -2.38. The summed E-state index contributed by atoms with van der Waals surface area (Å²) in [5.41, 5.74) is 5.82. The average molecular weight is 254 g/mol. The number of carbonyl (C=O) groups excluding carboxylic acids is 1. The van der Waals surface area contributed by atoms with E-state index in [1.165, 1.54) is 0 Å². The number of hydrogen-bond donors (Lipinski definition) is 1. The Morgan fingerprint density at radius 2 is 1.72 bits per heavy atom. The number of nitrogens with two attached hydrogens (primary N) is 1. The summed E-state index contributed by atoms with van der Waals surface area (Å²) in [6, 6.07) is 0. The summed E-state index contributed by atoms with van der Waals surface area (Å²) in [6.45, 7) is 15.4. The minimum atomic E-state index is 0.127. The van der Waals surface area contributed by atoms with E-state index in [-0.39, 0.29) is 16.7 Å². The number of hydrogen-bond acceptors (Lipinski definition) is 2. The molecule has 1 saturated carbocycles. The van der Waals surface area contributed by atoms with Crippen LogP contribution in [0.2, 0.25) is 0 Å². The Kier molecular flexibility index (Phi) is 4.47. The molecule has 0 bridgehead atoms. The largest absolute Gasteiger partial charge is 0.342 e. The number of rotatable bonds is 6. The molecule has 0 aromatic carbocycles. The van der Waals surface area contributed by atoms with Crippen LogP contribution in [0, 0.1) is 22.7 Å². The highest BCUT2D eigenvalue weighted by Crippen LogP contribution is 2.68. The Morgan fingerprint density at radius 3 is 2.06 bits per heavy atom. The number of amides is 1. The maximum Gasteiger partial charge on any atom is 0.226 e. The van der Waals surface area contributed by atoms with Crippen LogP contribution in [-0.2, 0) is 4.79 Å². The van der Waals surface area contributed by atoms with Crippen molar-refractivity contribution in [2.24, 2.45) is 28.4 Å². The summed E-state index contributed by atoms with van der Waals surface area (Å²) in [4.78, 5) is 14.7. The molecule has 1 fully saturated rings. The van der Waals surface area contributed by atoms with Crippen molar-refractivity contribution >= 4 is 5.91 Å². The molecule has 3 heteroatoms. The summed E-state index contributed by atoms with van der Waals surface area (Å²) in [5, 5.41) is 0. The molecule has 1 amide bonds. The van der Waals surface area contributed by atoms with Crippen LogP contribution >= 0.6 is 0 Å². The van der Waals surface area contributed by atoms with Crippen LogP contribution in [0.1, 0.15) is 48.0 Å². The molecule has 0 saturated heterocycles. The molecule has 2 N–H and O–H groups in total. The fourth-order valence-electron chi connectivity index (χ4n) is 3.01.